The van der Waals surface area contributed by atoms with Crippen LogP contribution in [0.5, 0.6) is 0 Å². The molecule has 2 heteroatoms. The molecule has 102 valence electrons. The zero-order chi connectivity index (χ0) is 12.5. The molecule has 0 aromatic rings. The maximum absolute atomic E-state index is 5.86. The Morgan fingerprint density at radius 2 is 2.00 bits per heavy atom. The van der Waals surface area contributed by atoms with Crippen molar-refractivity contribution in [3.8, 4) is 0 Å². The van der Waals surface area contributed by atoms with E-state index in [0.717, 1.165) is 6.04 Å². The van der Waals surface area contributed by atoms with Crippen LogP contribution >= 0.6 is 0 Å². The summed E-state index contributed by atoms with van der Waals surface area (Å²) in [4.78, 5) is 0. The number of nitrogens with one attached hydrogen (secondary N) is 1. The lowest BCUT2D eigenvalue weighted by Gasteiger charge is -2.18. The number of hydrogen-bond acceptors (Lipinski definition) is 2. The largest absolute Gasteiger partial charge is 0.375 e. The molecule has 1 heterocycles. The van der Waals surface area contributed by atoms with Gasteiger partial charge in [0, 0.05) is 6.04 Å². The van der Waals surface area contributed by atoms with E-state index in [9.17, 15) is 0 Å². The predicted octanol–water partition coefficient (Wildman–Crippen LogP) is 3.89. The molecule has 1 rings (SSSR count). The van der Waals surface area contributed by atoms with Gasteiger partial charge in [0.05, 0.1) is 12.2 Å². The van der Waals surface area contributed by atoms with Crippen LogP contribution in [0.2, 0.25) is 0 Å². The lowest BCUT2D eigenvalue weighted by atomic mass is 10.0. The predicted molar refractivity (Wildman–Crippen MR) is 74.4 cm³/mol. The number of hydrogen-bond donors (Lipinski definition) is 1. The van der Waals surface area contributed by atoms with Gasteiger partial charge < -0.3 is 10.1 Å². The highest BCUT2D eigenvalue weighted by Crippen LogP contribution is 2.23. The second kappa shape index (κ2) is 8.93. The molecule has 3 unspecified atom stereocenters. The van der Waals surface area contributed by atoms with Gasteiger partial charge in [0.2, 0.25) is 0 Å². The summed E-state index contributed by atoms with van der Waals surface area (Å²) in [5, 5.41) is 3.66. The molecular formula is C15H31NO. The van der Waals surface area contributed by atoms with Gasteiger partial charge in [-0.25, -0.2) is 0 Å². The smallest absolute Gasteiger partial charge is 0.0579 e. The van der Waals surface area contributed by atoms with Gasteiger partial charge in [-0.15, -0.1) is 0 Å². The third kappa shape index (κ3) is 6.42. The molecule has 0 bridgehead atoms. The Balaban J connectivity index is 2.08. The average Bonchev–Trinajstić information content (AvgIpc) is 2.72. The summed E-state index contributed by atoms with van der Waals surface area (Å²) in [6.07, 6.45) is 11.4. The van der Waals surface area contributed by atoms with Gasteiger partial charge in [-0.2, -0.15) is 0 Å². The standard InChI is InChI=1S/C15H31NO/c1-4-7-14(16-12-5-2)8-6-9-15-11-10-13(3)17-15/h13-16H,4-12H2,1-3H3. The van der Waals surface area contributed by atoms with Crippen molar-refractivity contribution in [1.82, 2.24) is 5.32 Å². The molecule has 0 aliphatic carbocycles. The van der Waals surface area contributed by atoms with E-state index in [1.54, 1.807) is 0 Å². The summed E-state index contributed by atoms with van der Waals surface area (Å²) < 4.78 is 5.86. The molecule has 0 aromatic heterocycles. The monoisotopic (exact) mass is 241 g/mol. The molecule has 1 fully saturated rings. The number of ether oxygens (including phenoxy) is 1. The van der Waals surface area contributed by atoms with Crippen LogP contribution in [0.1, 0.15) is 72.1 Å². The van der Waals surface area contributed by atoms with Gasteiger partial charge in [-0.1, -0.05) is 20.3 Å². The van der Waals surface area contributed by atoms with Gasteiger partial charge in [0.25, 0.3) is 0 Å². The van der Waals surface area contributed by atoms with Crippen molar-refractivity contribution in [3.05, 3.63) is 0 Å². The molecule has 0 spiro atoms. The zero-order valence-corrected chi connectivity index (χ0v) is 12.0. The Bertz CT molecular complexity index is 184. The summed E-state index contributed by atoms with van der Waals surface area (Å²) in [6.45, 7) is 7.89. The average molecular weight is 241 g/mol. The third-order valence-corrected chi connectivity index (χ3v) is 3.72. The van der Waals surface area contributed by atoms with Crippen molar-refractivity contribution in [2.24, 2.45) is 0 Å². The van der Waals surface area contributed by atoms with E-state index in [4.69, 9.17) is 4.74 Å². The first-order chi connectivity index (χ1) is 8.26. The van der Waals surface area contributed by atoms with E-state index in [-0.39, 0.29) is 0 Å². The van der Waals surface area contributed by atoms with Crippen LogP contribution in [0, 0.1) is 0 Å². The van der Waals surface area contributed by atoms with Gasteiger partial charge in [-0.05, 0) is 58.4 Å². The summed E-state index contributed by atoms with van der Waals surface area (Å²) in [6, 6.07) is 0.735. The highest BCUT2D eigenvalue weighted by Gasteiger charge is 2.21. The van der Waals surface area contributed by atoms with Crippen LogP contribution in [0.4, 0.5) is 0 Å². The van der Waals surface area contributed by atoms with Crippen LogP contribution < -0.4 is 5.32 Å². The minimum absolute atomic E-state index is 0.504. The third-order valence-electron chi connectivity index (χ3n) is 3.72. The van der Waals surface area contributed by atoms with Gasteiger partial charge in [0.15, 0.2) is 0 Å². The molecule has 3 atom stereocenters. The molecular weight excluding hydrogens is 210 g/mol. The second-order valence-corrected chi connectivity index (χ2v) is 5.52. The molecule has 0 radical (unpaired) electrons. The van der Waals surface area contributed by atoms with Gasteiger partial charge >= 0.3 is 0 Å². The van der Waals surface area contributed by atoms with Crippen LogP contribution in [-0.2, 0) is 4.74 Å². The van der Waals surface area contributed by atoms with Crippen molar-refractivity contribution >= 4 is 0 Å². The maximum atomic E-state index is 5.86. The summed E-state index contributed by atoms with van der Waals surface area (Å²) in [5.41, 5.74) is 0. The van der Waals surface area contributed by atoms with Crippen molar-refractivity contribution in [2.75, 3.05) is 6.54 Å². The molecule has 0 saturated carbocycles. The SMILES string of the molecule is CCCNC(CCC)CCCC1CCC(C)O1. The topological polar surface area (TPSA) is 21.3 Å². The first kappa shape index (κ1) is 15.0. The molecule has 17 heavy (non-hydrogen) atoms. The Labute approximate surface area is 108 Å². The quantitative estimate of drug-likeness (QED) is 0.661. The molecule has 2 nitrogen and oxygen atoms in total. The summed E-state index contributed by atoms with van der Waals surface area (Å²) in [5.74, 6) is 0. The highest BCUT2D eigenvalue weighted by atomic mass is 16.5. The van der Waals surface area contributed by atoms with Crippen LogP contribution in [0.15, 0.2) is 0 Å². The summed E-state index contributed by atoms with van der Waals surface area (Å²) >= 11 is 0. The van der Waals surface area contributed by atoms with Crippen molar-refractivity contribution in [2.45, 2.75) is 90.4 Å². The Kier molecular flexibility index (Phi) is 7.87. The number of rotatable bonds is 9. The highest BCUT2D eigenvalue weighted by molar-refractivity contribution is 4.72. The van der Waals surface area contributed by atoms with Crippen molar-refractivity contribution in [1.29, 1.82) is 0 Å². The lowest BCUT2D eigenvalue weighted by Crippen LogP contribution is -2.29. The molecule has 1 N–H and O–H groups in total. The van der Waals surface area contributed by atoms with Crippen LogP contribution in [0.25, 0.3) is 0 Å². The fourth-order valence-corrected chi connectivity index (χ4v) is 2.73. The minimum atomic E-state index is 0.504. The van der Waals surface area contributed by atoms with E-state index in [0.29, 0.717) is 12.2 Å². The molecule has 1 saturated heterocycles. The molecule has 0 amide bonds. The molecule has 1 aliphatic rings. The van der Waals surface area contributed by atoms with Gasteiger partial charge in [-0.3, -0.25) is 0 Å². The molecule has 0 aromatic carbocycles. The Morgan fingerprint density at radius 3 is 2.59 bits per heavy atom. The van der Waals surface area contributed by atoms with E-state index >= 15 is 0 Å². The fourth-order valence-electron chi connectivity index (χ4n) is 2.73. The zero-order valence-electron chi connectivity index (χ0n) is 12.0. The first-order valence-corrected chi connectivity index (χ1v) is 7.65. The van der Waals surface area contributed by atoms with E-state index in [1.165, 1.54) is 57.9 Å². The normalized spacial score (nSPS) is 26.3. The lowest BCUT2D eigenvalue weighted by molar-refractivity contribution is 0.0490. The first-order valence-electron chi connectivity index (χ1n) is 7.65. The van der Waals surface area contributed by atoms with Gasteiger partial charge in [0.1, 0.15) is 0 Å². The Hall–Kier alpha value is -0.0800. The maximum Gasteiger partial charge on any atom is 0.0579 e. The summed E-state index contributed by atoms with van der Waals surface area (Å²) in [7, 11) is 0. The van der Waals surface area contributed by atoms with Crippen LogP contribution in [-0.4, -0.2) is 24.8 Å². The second-order valence-electron chi connectivity index (χ2n) is 5.52. The minimum Gasteiger partial charge on any atom is -0.375 e. The van der Waals surface area contributed by atoms with Crippen LogP contribution in [0.3, 0.4) is 0 Å². The van der Waals surface area contributed by atoms with Crippen molar-refractivity contribution < 1.29 is 4.74 Å². The van der Waals surface area contributed by atoms with Crippen molar-refractivity contribution in [3.63, 3.8) is 0 Å². The fraction of sp³-hybridized carbons (Fsp3) is 1.00. The van der Waals surface area contributed by atoms with E-state index in [2.05, 4.69) is 26.1 Å². The Morgan fingerprint density at radius 1 is 1.18 bits per heavy atom. The van der Waals surface area contributed by atoms with E-state index in [1.807, 2.05) is 0 Å². The molecule has 1 aliphatic heterocycles. The van der Waals surface area contributed by atoms with E-state index < -0.39 is 0 Å².